The van der Waals surface area contributed by atoms with Gasteiger partial charge in [0, 0.05) is 24.5 Å². The molecule has 9 heteroatoms. The number of alkyl halides is 3. The third kappa shape index (κ3) is 3.61. The van der Waals surface area contributed by atoms with E-state index in [2.05, 4.69) is 4.98 Å². The highest BCUT2D eigenvalue weighted by molar-refractivity contribution is 6.29. The fraction of sp³-hybridized carbons (Fsp3) is 0.500. The van der Waals surface area contributed by atoms with Gasteiger partial charge in [0.05, 0.1) is 25.5 Å². The molecule has 2 atom stereocenters. The lowest BCUT2D eigenvalue weighted by Crippen LogP contribution is -2.28. The normalized spacial score (nSPS) is 22.0. The number of rotatable bonds is 7. The van der Waals surface area contributed by atoms with Crippen LogP contribution in [0.3, 0.4) is 0 Å². The first-order valence-electron chi connectivity index (χ1n) is 8.41. The molecule has 2 aliphatic rings. The van der Waals surface area contributed by atoms with Crippen molar-refractivity contribution in [2.45, 2.75) is 25.6 Å². The molecule has 6 nitrogen and oxygen atoms in total. The van der Waals surface area contributed by atoms with Gasteiger partial charge in [0.2, 0.25) is 5.78 Å². The van der Waals surface area contributed by atoms with E-state index in [0.717, 1.165) is 6.07 Å². The predicted octanol–water partition coefficient (Wildman–Crippen LogP) is 2.87. The van der Waals surface area contributed by atoms with E-state index >= 15 is 0 Å². The summed E-state index contributed by atoms with van der Waals surface area (Å²) in [6.07, 6.45) is -3.49. The Morgan fingerprint density at radius 2 is 1.96 bits per heavy atom. The first-order valence-corrected chi connectivity index (χ1v) is 8.41. The summed E-state index contributed by atoms with van der Waals surface area (Å²) in [5.41, 5.74) is -1.93. The Morgan fingerprint density at radius 3 is 2.48 bits per heavy atom. The summed E-state index contributed by atoms with van der Waals surface area (Å²) >= 11 is 0. The van der Waals surface area contributed by atoms with Crippen LogP contribution in [-0.4, -0.2) is 42.0 Å². The number of allylic oxidation sites excluding steroid dienone is 2. The maximum Gasteiger partial charge on any atom is 0.433 e. The Balaban J connectivity index is 1.93. The average Bonchev–Trinajstić information content (AvgIpc) is 2.73. The van der Waals surface area contributed by atoms with Crippen LogP contribution < -0.4 is 0 Å². The van der Waals surface area contributed by atoms with Gasteiger partial charge in [0.1, 0.15) is 17.0 Å². The number of aliphatic hydroxyl groups excluding tert-OH is 1. The standard InChI is InChI=1S/C18H18F3NO5/c1-26-6-7-27-8-12-11(4-5-13(22-12)18(19,20)21)17(25)14-15(23)9-2-3-10(9)16(14)24/h4-5,9-10,23H,2-3,6-8H2,1H3/t9-,10?/m1/s1. The Kier molecular flexibility index (Phi) is 5.34. The van der Waals surface area contributed by atoms with Gasteiger partial charge in [-0.2, -0.15) is 13.2 Å². The quantitative estimate of drug-likeness (QED) is 0.441. The SMILES string of the molecule is COCCOCc1nc(C(F)(F)F)ccc1C(=O)C1=C(O)[C@@H]2CCC2C1=O. The van der Waals surface area contributed by atoms with E-state index in [1.165, 1.54) is 7.11 Å². The van der Waals surface area contributed by atoms with E-state index in [1.54, 1.807) is 0 Å². The number of carbonyl (C=O) groups excluding carboxylic acids is 2. The molecule has 0 bridgehead atoms. The monoisotopic (exact) mass is 385 g/mol. The summed E-state index contributed by atoms with van der Waals surface area (Å²) in [5.74, 6) is -2.32. The number of methoxy groups -OCH3 is 1. The highest BCUT2D eigenvalue weighted by Gasteiger charge is 2.50. The third-order valence-corrected chi connectivity index (χ3v) is 4.87. The van der Waals surface area contributed by atoms with Gasteiger partial charge in [-0.1, -0.05) is 0 Å². The zero-order valence-corrected chi connectivity index (χ0v) is 14.5. The van der Waals surface area contributed by atoms with E-state index in [-0.39, 0.29) is 48.3 Å². The molecule has 0 aromatic carbocycles. The van der Waals surface area contributed by atoms with Crippen molar-refractivity contribution in [1.82, 2.24) is 4.98 Å². The topological polar surface area (TPSA) is 85.7 Å². The molecule has 2 aliphatic carbocycles. The molecule has 0 amide bonds. The van der Waals surface area contributed by atoms with Crippen LogP contribution in [0.25, 0.3) is 0 Å². The zero-order chi connectivity index (χ0) is 19.8. The minimum absolute atomic E-state index is 0.0963. The van der Waals surface area contributed by atoms with Crippen molar-refractivity contribution in [3.8, 4) is 0 Å². The van der Waals surface area contributed by atoms with Gasteiger partial charge in [0.15, 0.2) is 5.78 Å². The van der Waals surface area contributed by atoms with Gasteiger partial charge in [-0.15, -0.1) is 0 Å². The molecule has 3 rings (SSSR count). The van der Waals surface area contributed by atoms with Crippen LogP contribution in [0.4, 0.5) is 13.2 Å². The van der Waals surface area contributed by atoms with Gasteiger partial charge in [-0.3, -0.25) is 9.59 Å². The molecular formula is C18H18F3NO5. The van der Waals surface area contributed by atoms with E-state index in [9.17, 15) is 27.9 Å². The molecule has 1 aromatic heterocycles. The fourth-order valence-corrected chi connectivity index (χ4v) is 3.29. The Bertz CT molecular complexity index is 803. The van der Waals surface area contributed by atoms with Gasteiger partial charge in [-0.05, 0) is 25.0 Å². The second kappa shape index (κ2) is 7.40. The number of fused-ring (bicyclic) bond motifs is 1. The van der Waals surface area contributed by atoms with E-state index in [0.29, 0.717) is 18.9 Å². The first kappa shape index (κ1) is 19.5. The lowest BCUT2D eigenvalue weighted by atomic mass is 9.75. The molecule has 1 unspecified atom stereocenters. The minimum Gasteiger partial charge on any atom is -0.511 e. The van der Waals surface area contributed by atoms with Crippen molar-refractivity contribution in [3.05, 3.63) is 40.4 Å². The van der Waals surface area contributed by atoms with Crippen LogP contribution in [-0.2, 0) is 27.1 Å². The fourth-order valence-electron chi connectivity index (χ4n) is 3.29. The van der Waals surface area contributed by atoms with Crippen LogP contribution in [0.15, 0.2) is 23.5 Å². The number of carbonyl (C=O) groups is 2. The number of Topliss-reactive ketones (excluding diaryl/α,β-unsaturated/α-hetero) is 2. The smallest absolute Gasteiger partial charge is 0.433 e. The molecule has 1 heterocycles. The van der Waals surface area contributed by atoms with Gasteiger partial charge in [0.25, 0.3) is 0 Å². The number of halogens is 3. The number of ketones is 2. The second-order valence-corrected chi connectivity index (χ2v) is 6.48. The molecular weight excluding hydrogens is 367 g/mol. The van der Waals surface area contributed by atoms with E-state index < -0.39 is 29.4 Å². The average molecular weight is 385 g/mol. The lowest BCUT2D eigenvalue weighted by Gasteiger charge is -2.28. The molecule has 1 saturated carbocycles. The number of hydrogen-bond acceptors (Lipinski definition) is 6. The highest BCUT2D eigenvalue weighted by Crippen LogP contribution is 2.47. The van der Waals surface area contributed by atoms with Gasteiger partial charge in [-0.25, -0.2) is 4.98 Å². The molecule has 0 saturated heterocycles. The number of hydrogen-bond donors (Lipinski definition) is 1. The number of pyridine rings is 1. The Hall–Kier alpha value is -2.26. The second-order valence-electron chi connectivity index (χ2n) is 6.48. The molecule has 1 aromatic rings. The Labute approximate surface area is 153 Å². The molecule has 146 valence electrons. The van der Waals surface area contributed by atoms with Crippen molar-refractivity contribution < 1.29 is 37.3 Å². The summed E-state index contributed by atoms with van der Waals surface area (Å²) in [6.45, 7) is -0.0431. The van der Waals surface area contributed by atoms with Crippen molar-refractivity contribution in [3.63, 3.8) is 0 Å². The maximum absolute atomic E-state index is 13.0. The molecule has 0 aliphatic heterocycles. The summed E-state index contributed by atoms with van der Waals surface area (Å²) in [7, 11) is 1.44. The van der Waals surface area contributed by atoms with Crippen molar-refractivity contribution >= 4 is 11.6 Å². The van der Waals surface area contributed by atoms with Crippen molar-refractivity contribution in [1.29, 1.82) is 0 Å². The van der Waals surface area contributed by atoms with Crippen LogP contribution in [0, 0.1) is 11.8 Å². The highest BCUT2D eigenvalue weighted by atomic mass is 19.4. The van der Waals surface area contributed by atoms with Gasteiger partial charge < -0.3 is 14.6 Å². The molecule has 27 heavy (non-hydrogen) atoms. The van der Waals surface area contributed by atoms with Crippen molar-refractivity contribution in [2.75, 3.05) is 20.3 Å². The lowest BCUT2D eigenvalue weighted by molar-refractivity contribution is -0.141. The Morgan fingerprint density at radius 1 is 1.26 bits per heavy atom. The summed E-state index contributed by atoms with van der Waals surface area (Å²) in [6, 6.07) is 1.65. The third-order valence-electron chi connectivity index (χ3n) is 4.87. The maximum atomic E-state index is 13.0. The zero-order valence-electron chi connectivity index (χ0n) is 14.5. The number of aromatic nitrogens is 1. The van der Waals surface area contributed by atoms with E-state index in [1.807, 2.05) is 0 Å². The largest absolute Gasteiger partial charge is 0.511 e. The first-order chi connectivity index (χ1) is 12.8. The summed E-state index contributed by atoms with van der Waals surface area (Å²) < 4.78 is 48.9. The number of aliphatic hydroxyl groups is 1. The van der Waals surface area contributed by atoms with Crippen molar-refractivity contribution in [2.24, 2.45) is 11.8 Å². The van der Waals surface area contributed by atoms with Crippen LogP contribution >= 0.6 is 0 Å². The summed E-state index contributed by atoms with van der Waals surface area (Å²) in [5, 5.41) is 10.2. The molecule has 0 spiro atoms. The molecule has 1 fully saturated rings. The van der Waals surface area contributed by atoms with Crippen LogP contribution in [0.5, 0.6) is 0 Å². The van der Waals surface area contributed by atoms with E-state index in [4.69, 9.17) is 9.47 Å². The molecule has 1 N–H and O–H groups in total. The van der Waals surface area contributed by atoms with Crippen LogP contribution in [0.2, 0.25) is 0 Å². The van der Waals surface area contributed by atoms with Crippen LogP contribution in [0.1, 0.15) is 34.6 Å². The predicted molar refractivity (Wildman–Crippen MR) is 86.0 cm³/mol. The number of ether oxygens (including phenoxy) is 2. The number of nitrogens with zero attached hydrogens (tertiary/aromatic N) is 1. The minimum atomic E-state index is -4.69. The van der Waals surface area contributed by atoms with Gasteiger partial charge >= 0.3 is 6.18 Å². The summed E-state index contributed by atoms with van der Waals surface area (Å²) in [4.78, 5) is 28.7. The molecule has 0 radical (unpaired) electrons.